The van der Waals surface area contributed by atoms with Gasteiger partial charge in [-0.05, 0) is 44.1 Å². The second kappa shape index (κ2) is 9.03. The first-order valence-corrected chi connectivity index (χ1v) is 8.00. The number of hydrogen-bond donors (Lipinski definition) is 1. The van der Waals surface area contributed by atoms with Gasteiger partial charge in [0.15, 0.2) is 0 Å². The molecule has 1 aromatic rings. The van der Waals surface area contributed by atoms with Crippen molar-refractivity contribution in [1.82, 2.24) is 10.2 Å². The largest absolute Gasteiger partial charge is 0.492 e. The third-order valence-electron chi connectivity index (χ3n) is 3.76. The Morgan fingerprint density at radius 3 is 3.10 bits per heavy atom. The number of nitrogens with zero attached hydrogens (tertiary/aromatic N) is 1. The normalized spacial score (nSPS) is 18.3. The van der Waals surface area contributed by atoms with Gasteiger partial charge in [-0.1, -0.05) is 19.1 Å². The molecule has 0 saturated carbocycles. The lowest BCUT2D eigenvalue weighted by molar-refractivity contribution is 0.0771. The predicted octanol–water partition coefficient (Wildman–Crippen LogP) is 2.29. The molecule has 1 N–H and O–H groups in total. The molecule has 0 radical (unpaired) electrons. The molecule has 0 amide bonds. The fourth-order valence-corrected chi connectivity index (χ4v) is 2.56. The summed E-state index contributed by atoms with van der Waals surface area (Å²) in [5.41, 5.74) is 1.27. The van der Waals surface area contributed by atoms with Crippen LogP contribution in [0.2, 0.25) is 0 Å². The molecule has 1 unspecified atom stereocenters. The molecule has 1 aliphatic rings. The molecule has 1 aromatic carbocycles. The van der Waals surface area contributed by atoms with E-state index in [2.05, 4.69) is 42.4 Å². The summed E-state index contributed by atoms with van der Waals surface area (Å²) in [5.74, 6) is 0.955. The third kappa shape index (κ3) is 6.04. The Hall–Kier alpha value is -1.10. The molecular formula is C17H28N2O2. The Morgan fingerprint density at radius 2 is 2.33 bits per heavy atom. The van der Waals surface area contributed by atoms with Gasteiger partial charge in [-0.3, -0.25) is 0 Å². The molecular weight excluding hydrogens is 264 g/mol. The van der Waals surface area contributed by atoms with Crippen molar-refractivity contribution in [3.05, 3.63) is 29.8 Å². The number of benzene rings is 1. The van der Waals surface area contributed by atoms with Gasteiger partial charge in [0, 0.05) is 26.2 Å². The first-order valence-electron chi connectivity index (χ1n) is 8.00. The van der Waals surface area contributed by atoms with Crippen LogP contribution in [-0.4, -0.2) is 50.9 Å². The van der Waals surface area contributed by atoms with Crippen LogP contribution < -0.4 is 10.1 Å². The van der Waals surface area contributed by atoms with Crippen molar-refractivity contribution in [2.45, 2.75) is 32.4 Å². The van der Waals surface area contributed by atoms with Crippen LogP contribution in [0.25, 0.3) is 0 Å². The Balaban J connectivity index is 1.67. The van der Waals surface area contributed by atoms with Gasteiger partial charge in [0.25, 0.3) is 0 Å². The minimum Gasteiger partial charge on any atom is -0.492 e. The van der Waals surface area contributed by atoms with Crippen molar-refractivity contribution in [2.75, 3.05) is 39.9 Å². The lowest BCUT2D eigenvalue weighted by Crippen LogP contribution is -2.32. The molecule has 4 heteroatoms. The highest BCUT2D eigenvalue weighted by molar-refractivity contribution is 5.28. The molecule has 2 rings (SSSR count). The Kier molecular flexibility index (Phi) is 7.00. The number of likely N-dealkylation sites (N-methyl/N-ethyl adjacent to an activating group) is 1. The fraction of sp³-hybridized carbons (Fsp3) is 0.647. The van der Waals surface area contributed by atoms with Crippen molar-refractivity contribution in [3.8, 4) is 5.75 Å². The SMILES string of the molecule is CCNCc1cccc(OCCN(C)CC2CCCO2)c1. The van der Waals surface area contributed by atoms with E-state index in [-0.39, 0.29) is 0 Å². The van der Waals surface area contributed by atoms with Gasteiger partial charge >= 0.3 is 0 Å². The summed E-state index contributed by atoms with van der Waals surface area (Å²) in [6, 6.07) is 8.31. The van der Waals surface area contributed by atoms with E-state index >= 15 is 0 Å². The van der Waals surface area contributed by atoms with E-state index in [1.807, 2.05) is 6.07 Å². The molecule has 0 aliphatic carbocycles. The Bertz CT molecular complexity index is 406. The number of ether oxygens (including phenoxy) is 2. The van der Waals surface area contributed by atoms with Crippen LogP contribution in [-0.2, 0) is 11.3 Å². The minimum atomic E-state index is 0.415. The van der Waals surface area contributed by atoms with Crippen LogP contribution >= 0.6 is 0 Å². The monoisotopic (exact) mass is 292 g/mol. The lowest BCUT2D eigenvalue weighted by atomic mass is 10.2. The average Bonchev–Trinajstić information content (AvgIpc) is 2.98. The van der Waals surface area contributed by atoms with E-state index < -0.39 is 0 Å². The summed E-state index contributed by atoms with van der Waals surface area (Å²) < 4.78 is 11.5. The van der Waals surface area contributed by atoms with E-state index in [4.69, 9.17) is 9.47 Å². The molecule has 1 atom stereocenters. The second-order valence-corrected chi connectivity index (χ2v) is 5.67. The van der Waals surface area contributed by atoms with Crippen molar-refractivity contribution in [3.63, 3.8) is 0 Å². The van der Waals surface area contributed by atoms with Gasteiger partial charge in [0.1, 0.15) is 12.4 Å². The summed E-state index contributed by atoms with van der Waals surface area (Å²) in [4.78, 5) is 2.29. The second-order valence-electron chi connectivity index (χ2n) is 5.67. The minimum absolute atomic E-state index is 0.415. The van der Waals surface area contributed by atoms with Crippen molar-refractivity contribution in [2.24, 2.45) is 0 Å². The number of rotatable bonds is 9. The Labute approximate surface area is 128 Å². The van der Waals surface area contributed by atoms with Crippen LogP contribution in [0.1, 0.15) is 25.3 Å². The van der Waals surface area contributed by atoms with E-state index in [1.54, 1.807) is 0 Å². The topological polar surface area (TPSA) is 33.7 Å². The van der Waals surface area contributed by atoms with Crippen LogP contribution in [0.4, 0.5) is 0 Å². The molecule has 0 bridgehead atoms. The third-order valence-corrected chi connectivity index (χ3v) is 3.76. The molecule has 21 heavy (non-hydrogen) atoms. The zero-order chi connectivity index (χ0) is 14.9. The number of hydrogen-bond acceptors (Lipinski definition) is 4. The van der Waals surface area contributed by atoms with Crippen molar-refractivity contribution >= 4 is 0 Å². The highest BCUT2D eigenvalue weighted by atomic mass is 16.5. The van der Waals surface area contributed by atoms with Crippen molar-refractivity contribution in [1.29, 1.82) is 0 Å². The summed E-state index contributed by atoms with van der Waals surface area (Å²) in [6.07, 6.45) is 2.81. The van der Waals surface area contributed by atoms with E-state index in [9.17, 15) is 0 Å². The summed E-state index contributed by atoms with van der Waals surface area (Å²) in [6.45, 7) is 7.57. The van der Waals surface area contributed by atoms with Crippen molar-refractivity contribution < 1.29 is 9.47 Å². The van der Waals surface area contributed by atoms with Gasteiger partial charge in [-0.2, -0.15) is 0 Å². The van der Waals surface area contributed by atoms with Crippen LogP contribution in [0, 0.1) is 0 Å². The van der Waals surface area contributed by atoms with Crippen LogP contribution in [0.5, 0.6) is 5.75 Å². The van der Waals surface area contributed by atoms with Gasteiger partial charge in [0.05, 0.1) is 6.10 Å². The quantitative estimate of drug-likeness (QED) is 0.757. The standard InChI is InChI=1S/C17H28N2O2/c1-3-18-13-15-6-4-7-16(12-15)21-11-9-19(2)14-17-8-5-10-20-17/h4,6-7,12,17-18H,3,5,8-11,13-14H2,1-2H3. The fourth-order valence-electron chi connectivity index (χ4n) is 2.56. The van der Waals surface area contributed by atoms with Crippen LogP contribution in [0.15, 0.2) is 24.3 Å². The molecule has 1 heterocycles. The average molecular weight is 292 g/mol. The van der Waals surface area contributed by atoms with E-state index in [1.165, 1.54) is 18.4 Å². The summed E-state index contributed by atoms with van der Waals surface area (Å²) in [7, 11) is 2.13. The molecule has 1 aliphatic heterocycles. The predicted molar refractivity (Wildman–Crippen MR) is 85.8 cm³/mol. The first kappa shape index (κ1) is 16.3. The van der Waals surface area contributed by atoms with Gasteiger partial charge in [0.2, 0.25) is 0 Å². The van der Waals surface area contributed by atoms with Gasteiger partial charge in [-0.15, -0.1) is 0 Å². The smallest absolute Gasteiger partial charge is 0.119 e. The Morgan fingerprint density at radius 1 is 1.43 bits per heavy atom. The van der Waals surface area contributed by atoms with Crippen LogP contribution in [0.3, 0.4) is 0 Å². The zero-order valence-corrected chi connectivity index (χ0v) is 13.3. The molecule has 118 valence electrons. The maximum atomic E-state index is 5.85. The lowest BCUT2D eigenvalue weighted by Gasteiger charge is -2.20. The maximum Gasteiger partial charge on any atom is 0.119 e. The first-order chi connectivity index (χ1) is 10.3. The molecule has 0 aromatic heterocycles. The molecule has 0 spiro atoms. The summed E-state index contributed by atoms with van der Waals surface area (Å²) >= 11 is 0. The number of nitrogens with one attached hydrogen (secondary N) is 1. The summed E-state index contributed by atoms with van der Waals surface area (Å²) in [5, 5.41) is 3.33. The zero-order valence-electron chi connectivity index (χ0n) is 13.3. The molecule has 1 fully saturated rings. The maximum absolute atomic E-state index is 5.85. The highest BCUT2D eigenvalue weighted by Gasteiger charge is 2.17. The van der Waals surface area contributed by atoms with E-state index in [0.717, 1.165) is 38.5 Å². The highest BCUT2D eigenvalue weighted by Crippen LogP contribution is 2.14. The van der Waals surface area contributed by atoms with Gasteiger partial charge < -0.3 is 19.7 Å². The molecule has 1 saturated heterocycles. The van der Waals surface area contributed by atoms with Gasteiger partial charge in [-0.25, -0.2) is 0 Å². The molecule has 4 nitrogen and oxygen atoms in total. The van der Waals surface area contributed by atoms with E-state index in [0.29, 0.717) is 12.7 Å².